The second-order valence-electron chi connectivity index (χ2n) is 2.99. The van der Waals surface area contributed by atoms with Gasteiger partial charge in [0.15, 0.2) is 5.41 Å². The molecule has 72 valence electrons. The van der Waals surface area contributed by atoms with Crippen molar-refractivity contribution < 1.29 is 0 Å². The van der Waals surface area contributed by atoms with Crippen molar-refractivity contribution in [3.63, 3.8) is 0 Å². The molecule has 0 aromatic carbocycles. The van der Waals surface area contributed by atoms with Crippen LogP contribution in [0.4, 0.5) is 0 Å². The van der Waals surface area contributed by atoms with E-state index in [1.54, 1.807) is 30.3 Å². The lowest BCUT2D eigenvalue weighted by molar-refractivity contribution is 0.319. The first-order valence-electron chi connectivity index (χ1n) is 4.11. The van der Waals surface area contributed by atoms with Crippen LogP contribution in [0.3, 0.4) is 0 Å². The fourth-order valence-corrected chi connectivity index (χ4v) is 1.18. The van der Waals surface area contributed by atoms with Gasteiger partial charge in [0.1, 0.15) is 0 Å². The highest BCUT2D eigenvalue weighted by atomic mass is 14.5. The summed E-state index contributed by atoms with van der Waals surface area (Å²) in [5.41, 5.74) is -1.72. The fourth-order valence-electron chi connectivity index (χ4n) is 1.18. The molecule has 0 fully saturated rings. The molecule has 0 aromatic rings. The Morgan fingerprint density at radius 3 is 1.80 bits per heavy atom. The van der Waals surface area contributed by atoms with Gasteiger partial charge in [-0.3, -0.25) is 0 Å². The minimum Gasteiger partial charge on any atom is -0.198 e. The lowest BCUT2D eigenvalue weighted by Gasteiger charge is -2.23. The highest BCUT2D eigenvalue weighted by molar-refractivity contribution is 5.26. The molecule has 0 aliphatic heterocycles. The monoisotopic (exact) mass is 197 g/mol. The van der Waals surface area contributed by atoms with Crippen molar-refractivity contribution in [3.8, 4) is 30.3 Å². The van der Waals surface area contributed by atoms with Gasteiger partial charge in [-0.1, -0.05) is 0 Å². The molecule has 5 nitrogen and oxygen atoms in total. The van der Waals surface area contributed by atoms with E-state index in [2.05, 4.69) is 0 Å². The third-order valence-electron chi connectivity index (χ3n) is 2.25. The summed E-state index contributed by atoms with van der Waals surface area (Å²) in [5.74, 6) is -1.97. The zero-order chi connectivity index (χ0) is 11.9. The third kappa shape index (κ3) is 2.03. The van der Waals surface area contributed by atoms with Gasteiger partial charge in [0.05, 0.1) is 48.6 Å². The van der Waals surface area contributed by atoms with E-state index in [1.165, 1.54) is 6.92 Å². The largest absolute Gasteiger partial charge is 0.198 e. The molecule has 0 bridgehead atoms. The SMILES string of the molecule is CC(C#N)C(C#N)(C#N)C(C#N)CC#N. The molecule has 0 saturated carbocycles. The van der Waals surface area contributed by atoms with Gasteiger partial charge < -0.3 is 0 Å². The summed E-state index contributed by atoms with van der Waals surface area (Å²) in [4.78, 5) is 0. The van der Waals surface area contributed by atoms with Crippen LogP contribution in [0, 0.1) is 73.9 Å². The molecule has 15 heavy (non-hydrogen) atoms. The Balaban J connectivity index is 5.45. The van der Waals surface area contributed by atoms with Crippen LogP contribution in [0.2, 0.25) is 0 Å². The number of rotatable bonds is 3. The van der Waals surface area contributed by atoms with Gasteiger partial charge in [-0.25, -0.2) is 0 Å². The molecule has 0 aliphatic carbocycles. The molecule has 0 spiro atoms. The predicted octanol–water partition coefficient (Wildman–Crippen LogP) is 1.23. The molecule has 0 radical (unpaired) electrons. The first-order valence-corrected chi connectivity index (χ1v) is 4.11. The maximum absolute atomic E-state index is 8.92. The summed E-state index contributed by atoms with van der Waals surface area (Å²) in [6.07, 6.45) is -0.232. The van der Waals surface area contributed by atoms with Gasteiger partial charge in [-0.05, 0) is 6.92 Å². The Bertz CT molecular complexity index is 417. The van der Waals surface area contributed by atoms with Gasteiger partial charge in [-0.2, -0.15) is 26.3 Å². The van der Waals surface area contributed by atoms with Crippen LogP contribution in [-0.4, -0.2) is 0 Å². The van der Waals surface area contributed by atoms with Crippen LogP contribution in [0.5, 0.6) is 0 Å². The summed E-state index contributed by atoms with van der Waals surface area (Å²) < 4.78 is 0. The van der Waals surface area contributed by atoms with E-state index >= 15 is 0 Å². The molecular weight excluding hydrogens is 190 g/mol. The molecule has 0 rings (SSSR count). The van der Waals surface area contributed by atoms with Crippen molar-refractivity contribution >= 4 is 0 Å². The Labute approximate surface area is 88.0 Å². The van der Waals surface area contributed by atoms with Gasteiger partial charge in [0.2, 0.25) is 0 Å². The third-order valence-corrected chi connectivity index (χ3v) is 2.25. The highest BCUT2D eigenvalue weighted by Crippen LogP contribution is 2.36. The molecule has 0 aromatic heterocycles. The minimum atomic E-state index is -1.72. The number of nitrogens with zero attached hydrogens (tertiary/aromatic N) is 5. The molecule has 0 amide bonds. The van der Waals surface area contributed by atoms with Crippen molar-refractivity contribution in [3.05, 3.63) is 0 Å². The quantitative estimate of drug-likeness (QED) is 0.673. The maximum atomic E-state index is 8.92. The van der Waals surface area contributed by atoms with Crippen LogP contribution in [-0.2, 0) is 0 Å². The van der Waals surface area contributed by atoms with E-state index in [0.29, 0.717) is 0 Å². The molecule has 0 aliphatic rings. The molecule has 2 unspecified atom stereocenters. The van der Waals surface area contributed by atoms with E-state index in [-0.39, 0.29) is 6.42 Å². The lowest BCUT2D eigenvalue weighted by Crippen LogP contribution is -2.33. The second kappa shape index (κ2) is 5.24. The van der Waals surface area contributed by atoms with Crippen LogP contribution >= 0.6 is 0 Å². The minimum absolute atomic E-state index is 0.232. The first kappa shape index (κ1) is 12.4. The van der Waals surface area contributed by atoms with E-state index in [1.807, 2.05) is 0 Å². The Morgan fingerprint density at radius 1 is 1.00 bits per heavy atom. The summed E-state index contributed by atoms with van der Waals surface area (Å²) in [6, 6.07) is 8.64. The van der Waals surface area contributed by atoms with Gasteiger partial charge in [0, 0.05) is 0 Å². The normalized spacial score (nSPS) is 13.1. The highest BCUT2D eigenvalue weighted by Gasteiger charge is 2.45. The zero-order valence-corrected chi connectivity index (χ0v) is 8.10. The van der Waals surface area contributed by atoms with Crippen LogP contribution in [0.25, 0.3) is 0 Å². The Hall–Kier alpha value is -2.55. The van der Waals surface area contributed by atoms with Crippen molar-refractivity contribution in [2.45, 2.75) is 13.3 Å². The summed E-state index contributed by atoms with van der Waals surface area (Å²) in [7, 11) is 0. The molecular formula is C10H7N5. The fraction of sp³-hybridized carbons (Fsp3) is 0.500. The lowest BCUT2D eigenvalue weighted by atomic mass is 9.69. The smallest absolute Gasteiger partial charge is 0.175 e. The van der Waals surface area contributed by atoms with E-state index in [9.17, 15) is 0 Å². The van der Waals surface area contributed by atoms with Gasteiger partial charge in [0.25, 0.3) is 0 Å². The van der Waals surface area contributed by atoms with Crippen LogP contribution in [0.15, 0.2) is 0 Å². The van der Waals surface area contributed by atoms with Crippen LogP contribution in [0.1, 0.15) is 13.3 Å². The molecule has 5 heteroatoms. The topological polar surface area (TPSA) is 119 Å². The Morgan fingerprint density at radius 2 is 1.53 bits per heavy atom. The van der Waals surface area contributed by atoms with E-state index < -0.39 is 17.3 Å². The van der Waals surface area contributed by atoms with E-state index in [4.69, 9.17) is 26.3 Å². The van der Waals surface area contributed by atoms with E-state index in [0.717, 1.165) is 0 Å². The molecule has 0 heterocycles. The Kier molecular flexibility index (Phi) is 4.35. The molecule has 0 saturated heterocycles. The van der Waals surface area contributed by atoms with Crippen molar-refractivity contribution in [1.29, 1.82) is 26.3 Å². The van der Waals surface area contributed by atoms with Gasteiger partial charge >= 0.3 is 0 Å². The van der Waals surface area contributed by atoms with Crippen molar-refractivity contribution in [2.24, 2.45) is 17.3 Å². The summed E-state index contributed by atoms with van der Waals surface area (Å²) in [5, 5.41) is 43.8. The summed E-state index contributed by atoms with van der Waals surface area (Å²) in [6.45, 7) is 1.40. The predicted molar refractivity (Wildman–Crippen MR) is 47.8 cm³/mol. The van der Waals surface area contributed by atoms with Crippen LogP contribution < -0.4 is 0 Å². The average molecular weight is 197 g/mol. The maximum Gasteiger partial charge on any atom is 0.175 e. The zero-order valence-electron chi connectivity index (χ0n) is 8.10. The first-order chi connectivity index (χ1) is 7.12. The summed E-state index contributed by atoms with van der Waals surface area (Å²) >= 11 is 0. The number of hydrogen-bond acceptors (Lipinski definition) is 5. The molecule has 2 atom stereocenters. The number of hydrogen-bond donors (Lipinski definition) is 0. The average Bonchev–Trinajstić information content (AvgIpc) is 2.29. The van der Waals surface area contributed by atoms with Crippen molar-refractivity contribution in [2.75, 3.05) is 0 Å². The second-order valence-corrected chi connectivity index (χ2v) is 2.99. The van der Waals surface area contributed by atoms with Crippen molar-refractivity contribution in [1.82, 2.24) is 0 Å². The molecule has 0 N–H and O–H groups in total. The standard InChI is InChI=1S/C10H7N5/c1-8(4-12)10(6-14,7-15)9(5-13)2-3-11/h8-9H,2H2,1H3. The number of nitriles is 5. The van der Waals surface area contributed by atoms with Gasteiger partial charge in [-0.15, -0.1) is 0 Å².